The van der Waals surface area contributed by atoms with Gasteiger partial charge in [-0.05, 0) is 13.0 Å². The van der Waals surface area contributed by atoms with Gasteiger partial charge in [-0.2, -0.15) is 0 Å². The predicted octanol–water partition coefficient (Wildman–Crippen LogP) is 2.82. The number of nitrogens with zero attached hydrogens (tertiary/aromatic N) is 1. The molecule has 0 fully saturated rings. The van der Waals surface area contributed by atoms with E-state index in [0.717, 1.165) is 22.0 Å². The minimum atomic E-state index is 0.0471. The lowest BCUT2D eigenvalue weighted by atomic mass is 10.1. The molecule has 0 aliphatic carbocycles. The number of hydrogen-bond donors (Lipinski definition) is 1. The summed E-state index contributed by atoms with van der Waals surface area (Å²) in [7, 11) is 0. The molecule has 2 heterocycles. The highest BCUT2D eigenvalue weighted by atomic mass is 16.3. The van der Waals surface area contributed by atoms with Crippen molar-refractivity contribution in [1.82, 2.24) is 9.97 Å². The highest BCUT2D eigenvalue weighted by Crippen LogP contribution is 2.25. The number of rotatable bonds is 1. The van der Waals surface area contributed by atoms with E-state index < -0.39 is 0 Å². The van der Waals surface area contributed by atoms with Crippen LogP contribution in [0.5, 0.6) is 0 Å². The molecule has 80 valence electrons. The molecule has 0 saturated heterocycles. The Morgan fingerprint density at radius 2 is 2.25 bits per heavy atom. The van der Waals surface area contributed by atoms with Crippen molar-refractivity contribution >= 4 is 27.8 Å². The number of H-pyrrole nitrogens is 1. The largest absolute Gasteiger partial charge is 0.441 e. The van der Waals surface area contributed by atoms with Gasteiger partial charge >= 0.3 is 0 Å². The van der Waals surface area contributed by atoms with Crippen LogP contribution >= 0.6 is 0 Å². The maximum absolute atomic E-state index is 11.4. The van der Waals surface area contributed by atoms with Crippen molar-refractivity contribution in [2.75, 3.05) is 0 Å². The van der Waals surface area contributed by atoms with E-state index >= 15 is 0 Å². The molecule has 0 atom stereocenters. The van der Waals surface area contributed by atoms with Crippen LogP contribution in [0.15, 0.2) is 22.7 Å². The fourth-order valence-electron chi connectivity index (χ4n) is 1.95. The van der Waals surface area contributed by atoms with Gasteiger partial charge in [0, 0.05) is 30.1 Å². The molecular weight excluding hydrogens is 204 g/mol. The van der Waals surface area contributed by atoms with E-state index in [2.05, 4.69) is 9.97 Å². The summed E-state index contributed by atoms with van der Waals surface area (Å²) in [6, 6.07) is 3.76. The Hall–Kier alpha value is -2.10. The number of ketones is 1. The summed E-state index contributed by atoms with van der Waals surface area (Å²) in [5.41, 5.74) is 3.11. The van der Waals surface area contributed by atoms with Crippen molar-refractivity contribution in [2.45, 2.75) is 13.8 Å². The van der Waals surface area contributed by atoms with E-state index in [1.807, 2.05) is 12.1 Å². The second kappa shape index (κ2) is 2.95. The van der Waals surface area contributed by atoms with E-state index in [9.17, 15) is 4.79 Å². The normalized spacial score (nSPS) is 11.4. The van der Waals surface area contributed by atoms with E-state index in [1.165, 1.54) is 0 Å². The maximum atomic E-state index is 11.4. The minimum absolute atomic E-state index is 0.0471. The van der Waals surface area contributed by atoms with Gasteiger partial charge in [0.2, 0.25) is 0 Å². The first-order valence-electron chi connectivity index (χ1n) is 5.04. The number of benzene rings is 1. The molecule has 0 spiro atoms. The highest BCUT2D eigenvalue weighted by Gasteiger charge is 2.11. The van der Waals surface area contributed by atoms with E-state index in [-0.39, 0.29) is 5.78 Å². The fourth-order valence-corrected chi connectivity index (χ4v) is 1.95. The number of hydrogen-bond acceptors (Lipinski definition) is 3. The predicted molar refractivity (Wildman–Crippen MR) is 60.6 cm³/mol. The monoisotopic (exact) mass is 214 g/mol. The quantitative estimate of drug-likeness (QED) is 0.633. The number of fused-ring (bicyclic) bond motifs is 2. The average molecular weight is 214 g/mol. The molecule has 2 aromatic heterocycles. The Morgan fingerprint density at radius 3 is 3.00 bits per heavy atom. The Morgan fingerprint density at radius 1 is 1.44 bits per heavy atom. The second-order valence-corrected chi connectivity index (χ2v) is 3.86. The molecule has 0 radical (unpaired) electrons. The van der Waals surface area contributed by atoms with Crippen molar-refractivity contribution in [3.63, 3.8) is 0 Å². The van der Waals surface area contributed by atoms with Crippen LogP contribution in [0.25, 0.3) is 22.0 Å². The summed E-state index contributed by atoms with van der Waals surface area (Å²) in [6.07, 6.45) is 1.72. The lowest BCUT2D eigenvalue weighted by Crippen LogP contribution is -1.88. The van der Waals surface area contributed by atoms with Crippen molar-refractivity contribution in [3.8, 4) is 0 Å². The van der Waals surface area contributed by atoms with Gasteiger partial charge < -0.3 is 9.40 Å². The molecule has 4 heteroatoms. The zero-order chi connectivity index (χ0) is 11.3. The Kier molecular flexibility index (Phi) is 1.68. The zero-order valence-corrected chi connectivity index (χ0v) is 9.00. The fraction of sp³-hybridized carbons (Fsp3) is 0.167. The minimum Gasteiger partial charge on any atom is -0.441 e. The van der Waals surface area contributed by atoms with E-state index in [0.29, 0.717) is 11.5 Å². The van der Waals surface area contributed by atoms with Crippen LogP contribution in [0.3, 0.4) is 0 Å². The molecule has 0 aliphatic heterocycles. The SMILES string of the molecule is CC(=O)c1c[nH]c2cc3oc(C)nc3cc12. The zero-order valence-electron chi connectivity index (χ0n) is 9.00. The van der Waals surface area contributed by atoms with Gasteiger partial charge in [0.25, 0.3) is 0 Å². The van der Waals surface area contributed by atoms with Crippen LogP contribution in [0, 0.1) is 6.92 Å². The Balaban J connectivity index is 2.43. The van der Waals surface area contributed by atoms with Crippen molar-refractivity contribution in [2.24, 2.45) is 0 Å². The first-order valence-corrected chi connectivity index (χ1v) is 5.04. The smallest absolute Gasteiger partial charge is 0.192 e. The Labute approximate surface area is 91.3 Å². The number of oxazole rings is 1. The molecule has 3 aromatic rings. The number of aryl methyl sites for hydroxylation is 1. The second-order valence-electron chi connectivity index (χ2n) is 3.86. The van der Waals surface area contributed by atoms with Gasteiger partial charge in [-0.1, -0.05) is 0 Å². The molecule has 3 rings (SSSR count). The average Bonchev–Trinajstić information content (AvgIpc) is 2.74. The number of aromatic amines is 1. The van der Waals surface area contributed by atoms with Crippen LogP contribution in [0.1, 0.15) is 23.2 Å². The van der Waals surface area contributed by atoms with Gasteiger partial charge in [0.15, 0.2) is 17.3 Å². The van der Waals surface area contributed by atoms with Gasteiger partial charge in [-0.3, -0.25) is 4.79 Å². The lowest BCUT2D eigenvalue weighted by molar-refractivity contribution is 0.101. The molecule has 4 nitrogen and oxygen atoms in total. The first-order chi connectivity index (χ1) is 7.65. The van der Waals surface area contributed by atoms with Crippen molar-refractivity contribution in [3.05, 3.63) is 29.8 Å². The lowest BCUT2D eigenvalue weighted by Gasteiger charge is -1.92. The number of aromatic nitrogens is 2. The van der Waals surface area contributed by atoms with Crippen molar-refractivity contribution in [1.29, 1.82) is 0 Å². The van der Waals surface area contributed by atoms with Crippen LogP contribution in [-0.2, 0) is 0 Å². The first kappa shape index (κ1) is 9.15. The van der Waals surface area contributed by atoms with Gasteiger partial charge in [-0.25, -0.2) is 4.98 Å². The topological polar surface area (TPSA) is 58.9 Å². The third kappa shape index (κ3) is 1.16. The summed E-state index contributed by atoms with van der Waals surface area (Å²) in [5.74, 6) is 0.679. The van der Waals surface area contributed by atoms with E-state index in [4.69, 9.17) is 4.42 Å². The molecule has 0 amide bonds. The number of carbonyl (C=O) groups excluding carboxylic acids is 1. The molecular formula is C12H10N2O2. The highest BCUT2D eigenvalue weighted by molar-refractivity contribution is 6.09. The summed E-state index contributed by atoms with van der Waals surface area (Å²) in [5, 5.41) is 0.897. The third-order valence-electron chi connectivity index (χ3n) is 2.68. The Bertz CT molecular complexity index is 706. The van der Waals surface area contributed by atoms with Crippen LogP contribution < -0.4 is 0 Å². The number of carbonyl (C=O) groups is 1. The molecule has 0 saturated carbocycles. The van der Waals surface area contributed by atoms with Gasteiger partial charge in [0.05, 0.1) is 5.52 Å². The molecule has 0 unspecified atom stereocenters. The molecule has 1 N–H and O–H groups in total. The van der Waals surface area contributed by atoms with Crippen LogP contribution in [0.2, 0.25) is 0 Å². The summed E-state index contributed by atoms with van der Waals surface area (Å²) in [4.78, 5) is 18.7. The standard InChI is InChI=1S/C12H10N2O2/c1-6(15)9-5-13-10-4-12-11(3-8(9)10)14-7(2)16-12/h3-5,13H,1-2H3. The molecule has 16 heavy (non-hydrogen) atoms. The van der Waals surface area contributed by atoms with E-state index in [1.54, 1.807) is 20.0 Å². The van der Waals surface area contributed by atoms with Crippen LogP contribution in [0.4, 0.5) is 0 Å². The summed E-state index contributed by atoms with van der Waals surface area (Å²) >= 11 is 0. The maximum Gasteiger partial charge on any atom is 0.192 e. The van der Waals surface area contributed by atoms with Gasteiger partial charge in [-0.15, -0.1) is 0 Å². The summed E-state index contributed by atoms with van der Waals surface area (Å²) < 4.78 is 5.43. The van der Waals surface area contributed by atoms with Crippen molar-refractivity contribution < 1.29 is 9.21 Å². The van der Waals surface area contributed by atoms with Crippen LogP contribution in [-0.4, -0.2) is 15.8 Å². The molecule has 0 bridgehead atoms. The third-order valence-corrected chi connectivity index (χ3v) is 2.68. The van der Waals surface area contributed by atoms with Gasteiger partial charge in [0.1, 0.15) is 5.52 Å². The summed E-state index contributed by atoms with van der Waals surface area (Å²) in [6.45, 7) is 3.36. The molecule has 0 aliphatic rings. The number of nitrogens with one attached hydrogen (secondary N) is 1. The number of Topliss-reactive ketones (excluding diaryl/α,β-unsaturated/α-hetero) is 1. The molecule has 1 aromatic carbocycles.